The molecule has 5 heteroatoms. The number of piperazine rings is 1. The van der Waals surface area contributed by atoms with Gasteiger partial charge in [0.25, 0.3) is 0 Å². The zero-order valence-electron chi connectivity index (χ0n) is 10.2. The van der Waals surface area contributed by atoms with Crippen LogP contribution < -0.4 is 16.1 Å². The summed E-state index contributed by atoms with van der Waals surface area (Å²) in [5, 5.41) is 0. The lowest BCUT2D eigenvalue weighted by molar-refractivity contribution is -0.119. The van der Waals surface area contributed by atoms with Gasteiger partial charge in [-0.05, 0) is 12.1 Å². The molecule has 0 bridgehead atoms. The van der Waals surface area contributed by atoms with Crippen LogP contribution >= 0.6 is 0 Å². The number of amides is 1. The van der Waals surface area contributed by atoms with E-state index >= 15 is 0 Å². The highest BCUT2D eigenvalue weighted by Gasteiger charge is 2.19. The lowest BCUT2D eigenvalue weighted by atomic mass is 10.2. The SMILES string of the molecule is NC(=O)CN1CCN(c2cccccc2=O)CC1. The number of nitrogens with two attached hydrogens (primary N) is 1. The van der Waals surface area contributed by atoms with Crippen molar-refractivity contribution in [2.45, 2.75) is 0 Å². The molecule has 0 aliphatic carbocycles. The first-order valence-corrected chi connectivity index (χ1v) is 6.02. The Morgan fingerprint density at radius 3 is 2.44 bits per heavy atom. The third-order valence-electron chi connectivity index (χ3n) is 3.07. The van der Waals surface area contributed by atoms with Crippen molar-refractivity contribution in [2.75, 3.05) is 37.6 Å². The van der Waals surface area contributed by atoms with Gasteiger partial charge in [-0.3, -0.25) is 14.5 Å². The van der Waals surface area contributed by atoms with Gasteiger partial charge in [-0.15, -0.1) is 0 Å². The normalized spacial score (nSPS) is 16.6. The molecule has 1 aromatic rings. The molecule has 0 aromatic heterocycles. The Kier molecular flexibility index (Phi) is 3.94. The van der Waals surface area contributed by atoms with Crippen LogP contribution in [-0.4, -0.2) is 43.5 Å². The van der Waals surface area contributed by atoms with Crippen LogP contribution in [-0.2, 0) is 4.79 Å². The van der Waals surface area contributed by atoms with Crippen LogP contribution in [0.2, 0.25) is 0 Å². The van der Waals surface area contributed by atoms with Crippen molar-refractivity contribution in [1.29, 1.82) is 0 Å². The monoisotopic (exact) mass is 247 g/mol. The van der Waals surface area contributed by atoms with Gasteiger partial charge >= 0.3 is 0 Å². The molecule has 1 heterocycles. The number of hydrogen-bond acceptors (Lipinski definition) is 4. The van der Waals surface area contributed by atoms with Crippen LogP contribution in [0, 0.1) is 0 Å². The summed E-state index contributed by atoms with van der Waals surface area (Å²) in [5.41, 5.74) is 5.92. The number of anilines is 1. The van der Waals surface area contributed by atoms with Gasteiger partial charge in [0.2, 0.25) is 11.3 Å². The van der Waals surface area contributed by atoms with Gasteiger partial charge in [0, 0.05) is 26.2 Å². The molecular formula is C13H17N3O2. The molecule has 0 spiro atoms. The molecule has 5 nitrogen and oxygen atoms in total. The van der Waals surface area contributed by atoms with Crippen molar-refractivity contribution < 1.29 is 4.79 Å². The van der Waals surface area contributed by atoms with E-state index < -0.39 is 0 Å². The van der Waals surface area contributed by atoms with E-state index in [-0.39, 0.29) is 11.3 Å². The summed E-state index contributed by atoms with van der Waals surface area (Å²) in [5.74, 6) is -0.306. The molecule has 1 aliphatic heterocycles. The Morgan fingerprint density at radius 1 is 1.11 bits per heavy atom. The Balaban J connectivity index is 2.04. The molecule has 96 valence electrons. The molecule has 1 amide bonds. The molecule has 2 N–H and O–H groups in total. The number of nitrogens with zero attached hydrogens (tertiary/aromatic N) is 2. The van der Waals surface area contributed by atoms with E-state index in [1.165, 1.54) is 0 Å². The molecule has 2 rings (SSSR count). The highest BCUT2D eigenvalue weighted by Crippen LogP contribution is 2.10. The summed E-state index contributed by atoms with van der Waals surface area (Å²) in [6, 6.07) is 8.87. The molecule has 1 aromatic carbocycles. The van der Waals surface area contributed by atoms with E-state index in [4.69, 9.17) is 5.73 Å². The average molecular weight is 247 g/mol. The van der Waals surface area contributed by atoms with Gasteiger partial charge in [0.1, 0.15) is 0 Å². The number of carbonyl (C=O) groups is 1. The van der Waals surface area contributed by atoms with E-state index in [0.29, 0.717) is 6.54 Å². The Morgan fingerprint density at radius 2 is 1.78 bits per heavy atom. The van der Waals surface area contributed by atoms with Crippen LogP contribution in [0.3, 0.4) is 0 Å². The van der Waals surface area contributed by atoms with E-state index in [2.05, 4.69) is 4.90 Å². The van der Waals surface area contributed by atoms with E-state index in [0.717, 1.165) is 31.9 Å². The number of carbonyl (C=O) groups excluding carboxylic acids is 1. The van der Waals surface area contributed by atoms with Crippen molar-refractivity contribution in [3.63, 3.8) is 0 Å². The topological polar surface area (TPSA) is 66.6 Å². The van der Waals surface area contributed by atoms with Gasteiger partial charge < -0.3 is 10.6 Å². The lowest BCUT2D eigenvalue weighted by Gasteiger charge is -2.34. The Labute approximate surface area is 106 Å². The second-order valence-electron chi connectivity index (χ2n) is 4.39. The maximum Gasteiger partial charge on any atom is 0.231 e. The van der Waals surface area contributed by atoms with Crippen molar-refractivity contribution in [3.8, 4) is 0 Å². The molecule has 0 atom stereocenters. The minimum atomic E-state index is -0.306. The highest BCUT2D eigenvalue weighted by molar-refractivity contribution is 5.75. The smallest absolute Gasteiger partial charge is 0.231 e. The average Bonchev–Trinajstić information content (AvgIpc) is 2.54. The lowest BCUT2D eigenvalue weighted by Crippen LogP contribution is -2.49. The van der Waals surface area contributed by atoms with E-state index in [9.17, 15) is 9.59 Å². The first-order chi connectivity index (χ1) is 8.66. The summed E-state index contributed by atoms with van der Waals surface area (Å²) < 4.78 is 0. The van der Waals surface area contributed by atoms with Gasteiger partial charge in [-0.25, -0.2) is 0 Å². The molecule has 18 heavy (non-hydrogen) atoms. The quantitative estimate of drug-likeness (QED) is 0.793. The fourth-order valence-corrected chi connectivity index (χ4v) is 2.15. The van der Waals surface area contributed by atoms with E-state index in [1.54, 1.807) is 12.1 Å². The zero-order chi connectivity index (χ0) is 13.0. The van der Waals surface area contributed by atoms with Gasteiger partial charge in [-0.2, -0.15) is 0 Å². The van der Waals surface area contributed by atoms with Crippen LogP contribution in [0.5, 0.6) is 0 Å². The first-order valence-electron chi connectivity index (χ1n) is 6.02. The van der Waals surface area contributed by atoms with Crippen molar-refractivity contribution in [2.24, 2.45) is 5.73 Å². The summed E-state index contributed by atoms with van der Waals surface area (Å²) in [4.78, 5) is 26.7. The predicted octanol–water partition coefficient (Wildman–Crippen LogP) is -0.346. The summed E-state index contributed by atoms with van der Waals surface area (Å²) in [6.45, 7) is 3.28. The molecular weight excluding hydrogens is 230 g/mol. The van der Waals surface area contributed by atoms with Crippen molar-refractivity contribution >= 4 is 11.6 Å². The number of rotatable bonds is 3. The minimum absolute atomic E-state index is 0.0309. The van der Waals surface area contributed by atoms with Crippen LogP contribution in [0.25, 0.3) is 0 Å². The maximum absolute atomic E-state index is 11.8. The first kappa shape index (κ1) is 12.6. The van der Waals surface area contributed by atoms with E-state index in [1.807, 2.05) is 23.1 Å². The Bertz CT molecular complexity index is 482. The summed E-state index contributed by atoms with van der Waals surface area (Å²) >= 11 is 0. The standard InChI is InChI=1S/C13H17N3O2/c14-13(18)10-15-6-8-16(9-7-15)11-4-2-1-3-5-12(11)17/h1-5H,6-10H2,(H2,14,18). The number of primary amides is 1. The maximum atomic E-state index is 11.8. The molecule has 1 saturated heterocycles. The second kappa shape index (κ2) is 5.64. The van der Waals surface area contributed by atoms with Gasteiger partial charge in [-0.1, -0.05) is 18.2 Å². The second-order valence-corrected chi connectivity index (χ2v) is 4.39. The fourth-order valence-electron chi connectivity index (χ4n) is 2.15. The van der Waals surface area contributed by atoms with Crippen molar-refractivity contribution in [1.82, 2.24) is 4.90 Å². The molecule has 0 radical (unpaired) electrons. The largest absolute Gasteiger partial charge is 0.369 e. The predicted molar refractivity (Wildman–Crippen MR) is 70.6 cm³/mol. The van der Waals surface area contributed by atoms with Crippen LogP contribution in [0.1, 0.15) is 0 Å². The number of hydrogen-bond donors (Lipinski definition) is 1. The molecule has 0 unspecified atom stereocenters. The molecule has 1 aliphatic rings. The minimum Gasteiger partial charge on any atom is -0.369 e. The van der Waals surface area contributed by atoms with Crippen molar-refractivity contribution in [3.05, 3.63) is 40.6 Å². The highest BCUT2D eigenvalue weighted by atomic mass is 16.1. The molecule has 0 saturated carbocycles. The molecule has 1 fully saturated rings. The Hall–Kier alpha value is -1.88. The third-order valence-corrected chi connectivity index (χ3v) is 3.07. The van der Waals surface area contributed by atoms with Gasteiger partial charge in [0.15, 0.2) is 0 Å². The zero-order valence-corrected chi connectivity index (χ0v) is 10.2. The summed E-state index contributed by atoms with van der Waals surface area (Å²) in [7, 11) is 0. The van der Waals surface area contributed by atoms with Crippen LogP contribution in [0.4, 0.5) is 5.69 Å². The fraction of sp³-hybridized carbons (Fsp3) is 0.385. The van der Waals surface area contributed by atoms with Crippen LogP contribution in [0.15, 0.2) is 35.1 Å². The van der Waals surface area contributed by atoms with Gasteiger partial charge in [0.05, 0.1) is 12.2 Å². The summed E-state index contributed by atoms with van der Waals surface area (Å²) in [6.07, 6.45) is 0. The third kappa shape index (κ3) is 3.07.